The fourth-order valence-corrected chi connectivity index (χ4v) is 2.91. The highest BCUT2D eigenvalue weighted by Crippen LogP contribution is 2.28. The van der Waals surface area contributed by atoms with Crippen molar-refractivity contribution < 1.29 is 4.79 Å². The van der Waals surface area contributed by atoms with Gasteiger partial charge in [-0.05, 0) is 31.4 Å². The van der Waals surface area contributed by atoms with Crippen molar-refractivity contribution >= 4 is 28.8 Å². The number of nitrogens with two attached hydrogens (primary N) is 1. The van der Waals surface area contributed by atoms with Crippen molar-refractivity contribution in [2.45, 2.75) is 39.2 Å². The van der Waals surface area contributed by atoms with Gasteiger partial charge in [0.2, 0.25) is 5.91 Å². The van der Waals surface area contributed by atoms with Crippen molar-refractivity contribution in [1.82, 2.24) is 5.32 Å². The molecule has 5 heteroatoms. The quantitative estimate of drug-likeness (QED) is 0.845. The van der Waals surface area contributed by atoms with Crippen molar-refractivity contribution in [1.29, 1.82) is 0 Å². The maximum Gasteiger partial charge on any atom is 0.228 e. The van der Waals surface area contributed by atoms with E-state index in [0.717, 1.165) is 11.3 Å². The van der Waals surface area contributed by atoms with Crippen molar-refractivity contribution in [3.05, 3.63) is 21.3 Å². The van der Waals surface area contributed by atoms with E-state index in [0.29, 0.717) is 16.8 Å². The summed E-state index contributed by atoms with van der Waals surface area (Å²) in [7, 11) is 0. The second-order valence-corrected chi connectivity index (χ2v) is 6.68. The first-order chi connectivity index (χ1) is 8.43. The highest BCUT2D eigenvalue weighted by molar-refractivity contribution is 7.16. The first-order valence-electron chi connectivity index (χ1n) is 6.19. The van der Waals surface area contributed by atoms with Crippen LogP contribution in [0.25, 0.3) is 0 Å². The maximum atomic E-state index is 12.1. The van der Waals surface area contributed by atoms with Gasteiger partial charge in [0.25, 0.3) is 0 Å². The predicted molar refractivity (Wildman–Crippen MR) is 78.2 cm³/mol. The summed E-state index contributed by atoms with van der Waals surface area (Å²) in [5, 5.41) is 3.01. The number of carbonyl (C=O) groups excluding carboxylic acids is 1. The Bertz CT molecular complexity index is 392. The lowest BCUT2D eigenvalue weighted by Gasteiger charge is -2.20. The summed E-state index contributed by atoms with van der Waals surface area (Å²) in [5.74, 6) is 0.360. The molecule has 0 aromatic carbocycles. The number of rotatable bonds is 6. The number of halogens is 1. The smallest absolute Gasteiger partial charge is 0.228 e. The molecular formula is C13H21ClN2OS. The lowest BCUT2D eigenvalue weighted by molar-refractivity contribution is -0.122. The highest BCUT2D eigenvalue weighted by atomic mass is 35.5. The largest absolute Gasteiger partial charge is 0.352 e. The van der Waals surface area contributed by atoms with Gasteiger partial charge in [0.05, 0.1) is 10.3 Å². The van der Waals surface area contributed by atoms with Crippen LogP contribution in [-0.2, 0) is 4.79 Å². The number of hydrogen-bond donors (Lipinski definition) is 2. The molecule has 0 spiro atoms. The van der Waals surface area contributed by atoms with E-state index in [1.807, 2.05) is 19.1 Å². The van der Waals surface area contributed by atoms with Gasteiger partial charge in [-0.15, -0.1) is 11.3 Å². The Morgan fingerprint density at radius 2 is 2.11 bits per heavy atom. The minimum Gasteiger partial charge on any atom is -0.352 e. The van der Waals surface area contributed by atoms with Crippen LogP contribution in [0.4, 0.5) is 0 Å². The summed E-state index contributed by atoms with van der Waals surface area (Å²) in [6.07, 6.45) is 0.903. The first kappa shape index (κ1) is 15.5. The van der Waals surface area contributed by atoms with Crippen molar-refractivity contribution in [3.63, 3.8) is 0 Å². The van der Waals surface area contributed by atoms with Crippen LogP contribution in [0.5, 0.6) is 0 Å². The van der Waals surface area contributed by atoms with Crippen molar-refractivity contribution in [2.75, 3.05) is 6.54 Å². The average Bonchev–Trinajstić information content (AvgIpc) is 2.73. The van der Waals surface area contributed by atoms with Gasteiger partial charge in [0.1, 0.15) is 0 Å². The Morgan fingerprint density at radius 1 is 1.44 bits per heavy atom. The van der Waals surface area contributed by atoms with Crippen molar-refractivity contribution in [3.8, 4) is 0 Å². The molecular weight excluding hydrogens is 268 g/mol. The van der Waals surface area contributed by atoms with Crippen LogP contribution in [0.3, 0.4) is 0 Å². The van der Waals surface area contributed by atoms with Crippen LogP contribution in [0.2, 0.25) is 4.34 Å². The summed E-state index contributed by atoms with van der Waals surface area (Å²) in [6.45, 7) is 6.61. The lowest BCUT2D eigenvalue weighted by Crippen LogP contribution is -2.42. The van der Waals surface area contributed by atoms with Crippen LogP contribution in [0, 0.1) is 5.92 Å². The molecule has 0 radical (unpaired) electrons. The molecule has 3 N–H and O–H groups in total. The number of thiophene rings is 1. The van der Waals surface area contributed by atoms with Gasteiger partial charge in [0.15, 0.2) is 0 Å². The third-order valence-corrected chi connectivity index (χ3v) is 4.21. The Kier molecular flexibility index (Phi) is 6.12. The Balaban J connectivity index is 2.58. The molecule has 0 saturated carbocycles. The van der Waals surface area contributed by atoms with E-state index in [1.54, 1.807) is 0 Å². The van der Waals surface area contributed by atoms with Crippen molar-refractivity contribution in [2.24, 2.45) is 11.7 Å². The second kappa shape index (κ2) is 7.12. The fourth-order valence-electron chi connectivity index (χ4n) is 1.80. The van der Waals surface area contributed by atoms with Gasteiger partial charge in [-0.25, -0.2) is 0 Å². The Morgan fingerprint density at radius 3 is 2.56 bits per heavy atom. The molecule has 18 heavy (non-hydrogen) atoms. The summed E-state index contributed by atoms with van der Waals surface area (Å²) >= 11 is 7.32. The van der Waals surface area contributed by atoms with Gasteiger partial charge < -0.3 is 11.1 Å². The molecule has 0 aliphatic heterocycles. The monoisotopic (exact) mass is 288 g/mol. The third-order valence-electron chi connectivity index (χ3n) is 2.80. The fraction of sp³-hybridized carbons (Fsp3) is 0.615. The standard InChI is InChI=1S/C13H21ClN2OS/c1-8(2)6-10(7-15)16-13(17)9(3)11-4-5-12(14)18-11/h4-5,8-10H,6-7,15H2,1-3H3,(H,16,17). The summed E-state index contributed by atoms with van der Waals surface area (Å²) < 4.78 is 0.710. The molecule has 1 heterocycles. The minimum absolute atomic E-state index is 0.0182. The summed E-state index contributed by atoms with van der Waals surface area (Å²) in [6, 6.07) is 3.77. The highest BCUT2D eigenvalue weighted by Gasteiger charge is 2.20. The van der Waals surface area contributed by atoms with E-state index in [-0.39, 0.29) is 17.9 Å². The Hall–Kier alpha value is -0.580. The zero-order chi connectivity index (χ0) is 13.7. The van der Waals surface area contributed by atoms with Gasteiger partial charge in [-0.2, -0.15) is 0 Å². The van der Waals surface area contributed by atoms with Crippen LogP contribution < -0.4 is 11.1 Å². The van der Waals surface area contributed by atoms with E-state index < -0.39 is 0 Å². The average molecular weight is 289 g/mol. The summed E-state index contributed by atoms with van der Waals surface area (Å²) in [5.41, 5.74) is 5.68. The van der Waals surface area contributed by atoms with Crippen LogP contribution >= 0.6 is 22.9 Å². The zero-order valence-corrected chi connectivity index (χ0v) is 12.6. The molecule has 1 aromatic rings. The normalized spacial score (nSPS) is 14.6. The van der Waals surface area contributed by atoms with Crippen LogP contribution in [0.1, 0.15) is 38.0 Å². The molecule has 3 nitrogen and oxygen atoms in total. The van der Waals surface area contributed by atoms with E-state index in [9.17, 15) is 4.79 Å². The molecule has 0 aliphatic rings. The van der Waals surface area contributed by atoms with E-state index >= 15 is 0 Å². The molecule has 2 unspecified atom stereocenters. The van der Waals surface area contributed by atoms with Gasteiger partial charge in [0, 0.05) is 17.5 Å². The number of hydrogen-bond acceptors (Lipinski definition) is 3. The van der Waals surface area contributed by atoms with E-state index in [2.05, 4.69) is 19.2 Å². The second-order valence-electron chi connectivity index (χ2n) is 4.93. The predicted octanol–water partition coefficient (Wildman–Crippen LogP) is 2.99. The zero-order valence-electron chi connectivity index (χ0n) is 11.1. The molecule has 0 fully saturated rings. The van der Waals surface area contributed by atoms with Gasteiger partial charge >= 0.3 is 0 Å². The molecule has 0 bridgehead atoms. The van der Waals surface area contributed by atoms with Crippen LogP contribution in [0.15, 0.2) is 12.1 Å². The number of nitrogens with one attached hydrogen (secondary N) is 1. The third kappa shape index (κ3) is 4.59. The molecule has 1 aromatic heterocycles. The number of amides is 1. The molecule has 1 rings (SSSR count). The number of carbonyl (C=O) groups is 1. The molecule has 102 valence electrons. The van der Waals surface area contributed by atoms with Gasteiger partial charge in [-0.1, -0.05) is 25.4 Å². The molecule has 0 saturated heterocycles. The SMILES string of the molecule is CC(C)CC(CN)NC(=O)C(C)c1ccc(Cl)s1. The topological polar surface area (TPSA) is 55.1 Å². The van der Waals surface area contributed by atoms with E-state index in [4.69, 9.17) is 17.3 Å². The Labute approximate surface area is 118 Å². The summed E-state index contributed by atoms with van der Waals surface area (Å²) in [4.78, 5) is 13.1. The molecule has 1 amide bonds. The molecule has 0 aliphatic carbocycles. The lowest BCUT2D eigenvalue weighted by atomic mass is 10.0. The minimum atomic E-state index is -0.177. The van der Waals surface area contributed by atoms with Crippen LogP contribution in [-0.4, -0.2) is 18.5 Å². The van der Waals surface area contributed by atoms with E-state index in [1.165, 1.54) is 11.3 Å². The molecule has 2 atom stereocenters. The van der Waals surface area contributed by atoms with Gasteiger partial charge in [-0.3, -0.25) is 4.79 Å². The first-order valence-corrected chi connectivity index (χ1v) is 7.39. The maximum absolute atomic E-state index is 12.1.